The number of carbonyl (C=O) groups excluding carboxylic acids is 1. The third kappa shape index (κ3) is 3.70. The maximum atomic E-state index is 13.7. The zero-order chi connectivity index (χ0) is 20.6. The molecular weight excluding hydrogens is 395 g/mol. The van der Waals surface area contributed by atoms with Crippen molar-refractivity contribution in [2.45, 2.75) is 11.8 Å². The number of Topliss-reactive ketones (excluding diaryl/α,β-unsaturated/α-hetero) is 1. The van der Waals surface area contributed by atoms with Gasteiger partial charge in [0.15, 0.2) is 5.78 Å². The van der Waals surface area contributed by atoms with E-state index in [9.17, 15) is 17.6 Å². The molecule has 1 aromatic heterocycles. The van der Waals surface area contributed by atoms with Crippen molar-refractivity contribution < 1.29 is 17.6 Å². The largest absolute Gasteiger partial charge is 0.353 e. The number of benzene rings is 2. The van der Waals surface area contributed by atoms with Gasteiger partial charge < -0.3 is 4.90 Å². The minimum atomic E-state index is -3.66. The van der Waals surface area contributed by atoms with Gasteiger partial charge in [-0.3, -0.25) is 4.79 Å². The minimum absolute atomic E-state index is 0.115. The van der Waals surface area contributed by atoms with Gasteiger partial charge in [-0.1, -0.05) is 12.1 Å². The molecule has 1 aliphatic heterocycles. The van der Waals surface area contributed by atoms with E-state index in [-0.39, 0.29) is 29.6 Å². The van der Waals surface area contributed by atoms with E-state index in [4.69, 9.17) is 0 Å². The van der Waals surface area contributed by atoms with Crippen LogP contribution in [0.15, 0.2) is 53.7 Å². The molecular formula is C20H19FN4O3S. The Kier molecular flexibility index (Phi) is 5.01. The number of aromatic nitrogens is 2. The van der Waals surface area contributed by atoms with Crippen LogP contribution in [-0.2, 0) is 10.0 Å². The molecule has 1 aliphatic rings. The Labute approximate surface area is 167 Å². The van der Waals surface area contributed by atoms with Crippen molar-refractivity contribution in [2.75, 3.05) is 31.1 Å². The smallest absolute Gasteiger partial charge is 0.243 e. The van der Waals surface area contributed by atoms with Crippen LogP contribution in [0.5, 0.6) is 0 Å². The Hall–Kier alpha value is -2.91. The molecule has 29 heavy (non-hydrogen) atoms. The highest BCUT2D eigenvalue weighted by atomic mass is 32.2. The summed E-state index contributed by atoms with van der Waals surface area (Å²) in [5, 5.41) is 0.601. The predicted molar refractivity (Wildman–Crippen MR) is 107 cm³/mol. The van der Waals surface area contributed by atoms with Crippen molar-refractivity contribution in [3.05, 3.63) is 60.2 Å². The molecule has 0 atom stereocenters. The average Bonchev–Trinajstić information content (AvgIpc) is 2.73. The molecule has 4 rings (SSSR count). The Morgan fingerprint density at radius 3 is 2.34 bits per heavy atom. The molecule has 7 nitrogen and oxygen atoms in total. The lowest BCUT2D eigenvalue weighted by Gasteiger charge is -2.35. The van der Waals surface area contributed by atoms with Gasteiger partial charge in [0.1, 0.15) is 18.0 Å². The Bertz CT molecular complexity index is 1170. The maximum absolute atomic E-state index is 13.7. The van der Waals surface area contributed by atoms with Gasteiger partial charge >= 0.3 is 0 Å². The first-order valence-corrected chi connectivity index (χ1v) is 10.6. The average molecular weight is 414 g/mol. The summed E-state index contributed by atoms with van der Waals surface area (Å²) in [4.78, 5) is 21.9. The van der Waals surface area contributed by atoms with Crippen LogP contribution in [0.2, 0.25) is 0 Å². The van der Waals surface area contributed by atoms with Gasteiger partial charge in [-0.25, -0.2) is 22.8 Å². The predicted octanol–water partition coefficient (Wildman–Crippen LogP) is 2.48. The molecule has 1 fully saturated rings. The van der Waals surface area contributed by atoms with E-state index in [0.29, 0.717) is 35.4 Å². The van der Waals surface area contributed by atoms with Crippen LogP contribution >= 0.6 is 0 Å². The number of piperazine rings is 1. The van der Waals surface area contributed by atoms with Crippen LogP contribution in [-0.4, -0.2) is 54.7 Å². The van der Waals surface area contributed by atoms with Gasteiger partial charge in [-0.05, 0) is 37.3 Å². The van der Waals surface area contributed by atoms with Crippen LogP contribution in [0.3, 0.4) is 0 Å². The van der Waals surface area contributed by atoms with E-state index in [1.54, 1.807) is 6.07 Å². The number of anilines is 1. The molecule has 0 bridgehead atoms. The quantitative estimate of drug-likeness (QED) is 0.610. The van der Waals surface area contributed by atoms with Gasteiger partial charge in [0.25, 0.3) is 0 Å². The molecule has 0 saturated carbocycles. The minimum Gasteiger partial charge on any atom is -0.353 e. The van der Waals surface area contributed by atoms with Gasteiger partial charge in [0, 0.05) is 37.1 Å². The highest BCUT2D eigenvalue weighted by Crippen LogP contribution is 2.26. The van der Waals surface area contributed by atoms with Crippen LogP contribution in [0.4, 0.5) is 10.2 Å². The fraction of sp³-hybridized carbons (Fsp3) is 0.250. The van der Waals surface area contributed by atoms with Gasteiger partial charge in [-0.15, -0.1) is 0 Å². The Morgan fingerprint density at radius 1 is 1.00 bits per heavy atom. The molecule has 2 heterocycles. The number of nitrogens with zero attached hydrogens (tertiary/aromatic N) is 4. The summed E-state index contributed by atoms with van der Waals surface area (Å²) in [5.74, 6) is 0.109. The van der Waals surface area contributed by atoms with Crippen LogP contribution in [0, 0.1) is 5.82 Å². The number of halogens is 1. The van der Waals surface area contributed by atoms with Crippen LogP contribution in [0.1, 0.15) is 17.3 Å². The summed E-state index contributed by atoms with van der Waals surface area (Å²) in [5.41, 5.74) is 1.11. The lowest BCUT2D eigenvalue weighted by molar-refractivity contribution is 0.101. The number of sulfonamides is 1. The Morgan fingerprint density at radius 2 is 1.69 bits per heavy atom. The number of hydrogen-bond acceptors (Lipinski definition) is 6. The van der Waals surface area contributed by atoms with Crippen molar-refractivity contribution >= 4 is 32.5 Å². The first-order chi connectivity index (χ1) is 13.9. The third-order valence-corrected chi connectivity index (χ3v) is 6.93. The maximum Gasteiger partial charge on any atom is 0.243 e. The first-order valence-electron chi connectivity index (χ1n) is 9.12. The third-order valence-electron chi connectivity index (χ3n) is 5.01. The van der Waals surface area contributed by atoms with Crippen molar-refractivity contribution in [2.24, 2.45) is 0 Å². The van der Waals surface area contributed by atoms with Gasteiger partial charge in [-0.2, -0.15) is 4.31 Å². The van der Waals surface area contributed by atoms with Crippen molar-refractivity contribution in [1.29, 1.82) is 0 Å². The van der Waals surface area contributed by atoms with E-state index < -0.39 is 10.0 Å². The lowest BCUT2D eigenvalue weighted by Crippen LogP contribution is -2.49. The fourth-order valence-corrected chi connectivity index (χ4v) is 4.84. The molecule has 0 N–H and O–H groups in total. The summed E-state index contributed by atoms with van der Waals surface area (Å²) >= 11 is 0. The number of rotatable bonds is 4. The highest BCUT2D eigenvalue weighted by molar-refractivity contribution is 7.89. The lowest BCUT2D eigenvalue weighted by atomic mass is 10.2. The van der Waals surface area contributed by atoms with Gasteiger partial charge in [0.2, 0.25) is 10.0 Å². The molecule has 3 aromatic rings. The topological polar surface area (TPSA) is 83.5 Å². The SMILES string of the molecule is CC(=O)c1ccc(S(=O)(=O)N2CCN(c3ncnc4ccc(F)cc34)CC2)cc1. The summed E-state index contributed by atoms with van der Waals surface area (Å²) < 4.78 is 40.9. The van der Waals surface area contributed by atoms with Crippen LogP contribution < -0.4 is 4.90 Å². The fourth-order valence-electron chi connectivity index (χ4n) is 3.42. The van der Waals surface area contributed by atoms with E-state index in [2.05, 4.69) is 9.97 Å². The zero-order valence-corrected chi connectivity index (χ0v) is 16.6. The molecule has 150 valence electrons. The standard InChI is InChI=1S/C20H19FN4O3S/c1-14(26)15-2-5-17(6-3-15)29(27,28)25-10-8-24(9-11-25)20-18-12-16(21)4-7-19(18)22-13-23-20/h2-7,12-13H,8-11H2,1H3. The molecule has 0 unspecified atom stereocenters. The van der Waals surface area contributed by atoms with E-state index in [0.717, 1.165) is 0 Å². The molecule has 2 aromatic carbocycles. The summed E-state index contributed by atoms with van der Waals surface area (Å²) in [6.07, 6.45) is 1.43. The van der Waals surface area contributed by atoms with Crippen LogP contribution in [0.25, 0.3) is 10.9 Å². The first kappa shape index (κ1) is 19.4. The van der Waals surface area contributed by atoms with Crippen molar-refractivity contribution in [3.63, 3.8) is 0 Å². The second kappa shape index (κ2) is 7.49. The summed E-state index contributed by atoms with van der Waals surface area (Å²) in [6, 6.07) is 10.3. The zero-order valence-electron chi connectivity index (χ0n) is 15.7. The number of carbonyl (C=O) groups is 1. The van der Waals surface area contributed by atoms with Crippen molar-refractivity contribution in [1.82, 2.24) is 14.3 Å². The van der Waals surface area contributed by atoms with E-state index >= 15 is 0 Å². The second-order valence-corrected chi connectivity index (χ2v) is 8.77. The monoisotopic (exact) mass is 414 g/mol. The summed E-state index contributed by atoms with van der Waals surface area (Å²) in [6.45, 7) is 2.83. The van der Waals surface area contributed by atoms with Crippen molar-refractivity contribution in [3.8, 4) is 0 Å². The number of hydrogen-bond donors (Lipinski definition) is 0. The Balaban J connectivity index is 1.54. The van der Waals surface area contributed by atoms with E-state index in [1.807, 2.05) is 4.90 Å². The normalized spacial score (nSPS) is 15.6. The molecule has 0 aliphatic carbocycles. The molecule has 1 saturated heterocycles. The van der Waals surface area contributed by atoms with Gasteiger partial charge in [0.05, 0.1) is 10.4 Å². The second-order valence-electron chi connectivity index (χ2n) is 6.83. The summed E-state index contributed by atoms with van der Waals surface area (Å²) in [7, 11) is -3.66. The van der Waals surface area contributed by atoms with E-state index in [1.165, 1.54) is 54.0 Å². The molecule has 9 heteroatoms. The molecule has 0 spiro atoms. The molecule has 0 amide bonds. The molecule has 0 radical (unpaired) electrons. The highest BCUT2D eigenvalue weighted by Gasteiger charge is 2.29. The number of fused-ring (bicyclic) bond motifs is 1. The number of ketones is 1.